The topological polar surface area (TPSA) is 44.5 Å². The number of fused-ring (bicyclic) bond motifs is 1. The molecule has 0 spiro atoms. The van der Waals surface area contributed by atoms with Crippen LogP contribution in [0.25, 0.3) is 0 Å². The minimum absolute atomic E-state index is 0.697. The lowest BCUT2D eigenvalue weighted by atomic mass is 10.1. The lowest BCUT2D eigenvalue weighted by molar-refractivity contribution is 0.281. The standard InChI is InChI=1S/C12H17NO2/c1-2-5-14-12-8-11-9(7-10(12)13)4-3-6-15-11/h7-8H,2-6,13H2,1H3. The third kappa shape index (κ3) is 2.17. The van der Waals surface area contributed by atoms with E-state index in [9.17, 15) is 0 Å². The molecule has 0 saturated carbocycles. The Labute approximate surface area is 90.2 Å². The van der Waals surface area contributed by atoms with Crippen LogP contribution in [0.5, 0.6) is 11.5 Å². The van der Waals surface area contributed by atoms with Gasteiger partial charge >= 0.3 is 0 Å². The predicted molar refractivity (Wildman–Crippen MR) is 60.5 cm³/mol. The maximum atomic E-state index is 5.90. The molecule has 1 heterocycles. The second kappa shape index (κ2) is 4.43. The van der Waals surface area contributed by atoms with Crippen molar-refractivity contribution in [1.82, 2.24) is 0 Å². The monoisotopic (exact) mass is 207 g/mol. The molecule has 15 heavy (non-hydrogen) atoms. The average Bonchev–Trinajstić information content (AvgIpc) is 2.26. The molecule has 0 aliphatic carbocycles. The number of aryl methyl sites for hydroxylation is 1. The van der Waals surface area contributed by atoms with Crippen molar-refractivity contribution >= 4 is 5.69 Å². The number of anilines is 1. The normalized spacial score (nSPS) is 14.2. The molecular formula is C12H17NO2. The molecule has 0 bridgehead atoms. The molecule has 0 atom stereocenters. The van der Waals surface area contributed by atoms with Gasteiger partial charge in [-0.3, -0.25) is 0 Å². The number of ether oxygens (including phenoxy) is 2. The molecule has 0 fully saturated rings. The van der Waals surface area contributed by atoms with E-state index in [-0.39, 0.29) is 0 Å². The summed E-state index contributed by atoms with van der Waals surface area (Å²) in [5, 5.41) is 0. The van der Waals surface area contributed by atoms with Gasteiger partial charge in [0.05, 0.1) is 18.9 Å². The summed E-state index contributed by atoms with van der Waals surface area (Å²) in [6, 6.07) is 3.89. The van der Waals surface area contributed by atoms with Crippen LogP contribution in [0.3, 0.4) is 0 Å². The highest BCUT2D eigenvalue weighted by Gasteiger charge is 2.13. The van der Waals surface area contributed by atoms with Crippen molar-refractivity contribution in [2.24, 2.45) is 0 Å². The number of hydrogen-bond donors (Lipinski definition) is 1. The number of benzene rings is 1. The van der Waals surface area contributed by atoms with Crippen molar-refractivity contribution in [2.75, 3.05) is 18.9 Å². The molecule has 2 N–H and O–H groups in total. The fourth-order valence-electron chi connectivity index (χ4n) is 1.74. The van der Waals surface area contributed by atoms with Crippen LogP contribution in [0, 0.1) is 0 Å². The third-order valence-corrected chi connectivity index (χ3v) is 2.50. The van der Waals surface area contributed by atoms with Gasteiger partial charge in [0.25, 0.3) is 0 Å². The number of nitrogens with two attached hydrogens (primary N) is 1. The summed E-state index contributed by atoms with van der Waals surface area (Å²) in [5.74, 6) is 1.68. The van der Waals surface area contributed by atoms with Gasteiger partial charge in [0.2, 0.25) is 0 Å². The Morgan fingerprint density at radius 1 is 1.47 bits per heavy atom. The fourth-order valence-corrected chi connectivity index (χ4v) is 1.74. The van der Waals surface area contributed by atoms with E-state index in [4.69, 9.17) is 15.2 Å². The zero-order valence-electron chi connectivity index (χ0n) is 9.08. The minimum atomic E-state index is 0.697. The highest BCUT2D eigenvalue weighted by atomic mass is 16.5. The predicted octanol–water partition coefficient (Wildman–Crippen LogP) is 2.38. The lowest BCUT2D eigenvalue weighted by Gasteiger charge is -2.19. The molecule has 0 aromatic heterocycles. The molecule has 0 amide bonds. The summed E-state index contributed by atoms with van der Waals surface area (Å²) in [7, 11) is 0. The van der Waals surface area contributed by atoms with Crippen molar-refractivity contribution in [3.63, 3.8) is 0 Å². The molecule has 1 aliphatic rings. The van der Waals surface area contributed by atoms with E-state index >= 15 is 0 Å². The molecule has 1 aromatic rings. The van der Waals surface area contributed by atoms with E-state index in [1.165, 1.54) is 5.56 Å². The number of nitrogen functional groups attached to an aromatic ring is 1. The van der Waals surface area contributed by atoms with Crippen LogP contribution in [0.2, 0.25) is 0 Å². The largest absolute Gasteiger partial charge is 0.493 e. The van der Waals surface area contributed by atoms with Gasteiger partial charge in [-0.15, -0.1) is 0 Å². The SMILES string of the molecule is CCCOc1cc2c(cc1N)CCCO2. The molecule has 3 nitrogen and oxygen atoms in total. The average molecular weight is 207 g/mol. The highest BCUT2D eigenvalue weighted by Crippen LogP contribution is 2.34. The Bertz CT molecular complexity index is 350. The summed E-state index contributed by atoms with van der Waals surface area (Å²) in [6.45, 7) is 3.57. The Balaban J connectivity index is 2.24. The maximum Gasteiger partial charge on any atom is 0.145 e. The maximum absolute atomic E-state index is 5.90. The van der Waals surface area contributed by atoms with Crippen molar-refractivity contribution in [3.05, 3.63) is 17.7 Å². The summed E-state index contributed by atoms with van der Waals surface area (Å²) >= 11 is 0. The van der Waals surface area contributed by atoms with Gasteiger partial charge in [0.1, 0.15) is 11.5 Å². The second-order valence-electron chi connectivity index (χ2n) is 3.80. The smallest absolute Gasteiger partial charge is 0.145 e. The van der Waals surface area contributed by atoms with Gasteiger partial charge in [-0.1, -0.05) is 6.92 Å². The van der Waals surface area contributed by atoms with Crippen molar-refractivity contribution < 1.29 is 9.47 Å². The third-order valence-electron chi connectivity index (χ3n) is 2.50. The van der Waals surface area contributed by atoms with Crippen LogP contribution in [0.1, 0.15) is 25.3 Å². The summed E-state index contributed by atoms with van der Waals surface area (Å²) < 4.78 is 11.1. The van der Waals surface area contributed by atoms with Crippen LogP contribution in [0.4, 0.5) is 5.69 Å². The zero-order chi connectivity index (χ0) is 10.7. The lowest BCUT2D eigenvalue weighted by Crippen LogP contribution is -2.09. The molecule has 0 radical (unpaired) electrons. The number of rotatable bonds is 3. The molecular weight excluding hydrogens is 190 g/mol. The Morgan fingerprint density at radius 3 is 3.13 bits per heavy atom. The van der Waals surface area contributed by atoms with Gasteiger partial charge in [-0.25, -0.2) is 0 Å². The first kappa shape index (κ1) is 10.1. The van der Waals surface area contributed by atoms with Crippen LogP contribution < -0.4 is 15.2 Å². The number of hydrogen-bond acceptors (Lipinski definition) is 3. The Morgan fingerprint density at radius 2 is 2.33 bits per heavy atom. The van der Waals surface area contributed by atoms with Gasteiger partial charge in [-0.05, 0) is 30.9 Å². The van der Waals surface area contributed by atoms with E-state index < -0.39 is 0 Å². The molecule has 82 valence electrons. The summed E-state index contributed by atoms with van der Waals surface area (Å²) in [5.41, 5.74) is 7.82. The summed E-state index contributed by atoms with van der Waals surface area (Å²) in [6.07, 6.45) is 3.10. The van der Waals surface area contributed by atoms with Crippen molar-refractivity contribution in [3.8, 4) is 11.5 Å². The quantitative estimate of drug-likeness (QED) is 0.774. The Hall–Kier alpha value is -1.38. The first-order chi connectivity index (χ1) is 7.31. The van der Waals surface area contributed by atoms with Gasteiger partial charge in [0, 0.05) is 6.07 Å². The first-order valence-corrected chi connectivity index (χ1v) is 5.49. The van der Waals surface area contributed by atoms with E-state index in [0.717, 1.165) is 37.4 Å². The Kier molecular flexibility index (Phi) is 2.99. The van der Waals surface area contributed by atoms with E-state index in [1.807, 2.05) is 12.1 Å². The van der Waals surface area contributed by atoms with Gasteiger partial charge in [-0.2, -0.15) is 0 Å². The van der Waals surface area contributed by atoms with Gasteiger partial charge in [0.15, 0.2) is 0 Å². The molecule has 1 aliphatic heterocycles. The molecule has 0 unspecified atom stereocenters. The van der Waals surface area contributed by atoms with Crippen molar-refractivity contribution in [2.45, 2.75) is 26.2 Å². The van der Waals surface area contributed by atoms with Crippen LogP contribution in [-0.4, -0.2) is 13.2 Å². The summed E-state index contributed by atoms with van der Waals surface area (Å²) in [4.78, 5) is 0. The molecule has 3 heteroatoms. The van der Waals surface area contributed by atoms with E-state index in [0.29, 0.717) is 12.3 Å². The first-order valence-electron chi connectivity index (χ1n) is 5.49. The van der Waals surface area contributed by atoms with Crippen LogP contribution >= 0.6 is 0 Å². The second-order valence-corrected chi connectivity index (χ2v) is 3.80. The van der Waals surface area contributed by atoms with E-state index in [1.54, 1.807) is 0 Å². The zero-order valence-corrected chi connectivity index (χ0v) is 9.08. The molecule has 0 saturated heterocycles. The minimum Gasteiger partial charge on any atom is -0.493 e. The van der Waals surface area contributed by atoms with E-state index in [2.05, 4.69) is 6.92 Å². The van der Waals surface area contributed by atoms with Crippen LogP contribution in [-0.2, 0) is 6.42 Å². The van der Waals surface area contributed by atoms with Crippen molar-refractivity contribution in [1.29, 1.82) is 0 Å². The van der Waals surface area contributed by atoms with Gasteiger partial charge < -0.3 is 15.2 Å². The highest BCUT2D eigenvalue weighted by molar-refractivity contribution is 5.59. The molecule has 2 rings (SSSR count). The molecule has 1 aromatic carbocycles. The van der Waals surface area contributed by atoms with Crippen LogP contribution in [0.15, 0.2) is 12.1 Å². The fraction of sp³-hybridized carbons (Fsp3) is 0.500.